The summed E-state index contributed by atoms with van der Waals surface area (Å²) in [5.41, 5.74) is 1.13. The van der Waals surface area contributed by atoms with Gasteiger partial charge in [0.05, 0.1) is 13.2 Å². The molecule has 1 saturated heterocycles. The Balaban J connectivity index is 1.76. The number of rotatable bonds is 6. The monoisotopic (exact) mass is 375 g/mol. The summed E-state index contributed by atoms with van der Waals surface area (Å²) in [5, 5.41) is 0. The van der Waals surface area contributed by atoms with E-state index in [1.807, 2.05) is 36.2 Å². The van der Waals surface area contributed by atoms with Crippen molar-refractivity contribution in [1.29, 1.82) is 0 Å². The first-order valence-corrected chi connectivity index (χ1v) is 10.2. The molecule has 1 aromatic carbocycles. The molecular weight excluding hydrogens is 350 g/mol. The Morgan fingerprint density at radius 1 is 1.12 bits per heavy atom. The zero-order valence-electron chi connectivity index (χ0n) is 15.4. The van der Waals surface area contributed by atoms with E-state index in [1.165, 1.54) is 10.5 Å². The summed E-state index contributed by atoms with van der Waals surface area (Å²) in [6, 6.07) is 11.4. The first-order valence-electron chi connectivity index (χ1n) is 8.76. The number of benzene rings is 1. The lowest BCUT2D eigenvalue weighted by Crippen LogP contribution is -2.28. The van der Waals surface area contributed by atoms with Gasteiger partial charge in [0.25, 0.3) is 0 Å². The molecule has 0 bridgehead atoms. The van der Waals surface area contributed by atoms with E-state index in [-0.39, 0.29) is 10.9 Å². The summed E-state index contributed by atoms with van der Waals surface area (Å²) in [6.07, 6.45) is 3.31. The van der Waals surface area contributed by atoms with Crippen molar-refractivity contribution in [3.05, 3.63) is 48.2 Å². The molecule has 0 N–H and O–H groups in total. The Hall–Kier alpha value is -2.12. The molecule has 0 saturated carbocycles. The van der Waals surface area contributed by atoms with Crippen molar-refractivity contribution < 1.29 is 13.2 Å². The van der Waals surface area contributed by atoms with Crippen LogP contribution in [0.15, 0.2) is 47.5 Å². The molecule has 7 heteroatoms. The summed E-state index contributed by atoms with van der Waals surface area (Å²) in [4.78, 5) is 6.67. The Labute approximate surface area is 155 Å². The molecule has 2 aromatic rings. The summed E-state index contributed by atoms with van der Waals surface area (Å²) in [6.45, 7) is 3.27. The first-order chi connectivity index (χ1) is 12.4. The van der Waals surface area contributed by atoms with Crippen LogP contribution in [-0.2, 0) is 10.0 Å². The highest BCUT2D eigenvalue weighted by molar-refractivity contribution is 7.89. The number of methoxy groups -OCH3 is 1. The molecule has 26 heavy (non-hydrogen) atoms. The molecule has 1 aliphatic heterocycles. The summed E-state index contributed by atoms with van der Waals surface area (Å²) >= 11 is 0. The van der Waals surface area contributed by atoms with Gasteiger partial charge in [-0.05, 0) is 49.6 Å². The summed E-state index contributed by atoms with van der Waals surface area (Å²) in [5.74, 6) is 1.55. The third kappa shape index (κ3) is 3.68. The van der Waals surface area contributed by atoms with E-state index in [1.54, 1.807) is 19.2 Å². The third-order valence-corrected chi connectivity index (χ3v) is 6.85. The van der Waals surface area contributed by atoms with Crippen molar-refractivity contribution in [3.8, 4) is 5.75 Å². The van der Waals surface area contributed by atoms with Crippen LogP contribution >= 0.6 is 0 Å². The Bertz CT molecular complexity index is 829. The van der Waals surface area contributed by atoms with E-state index >= 15 is 0 Å². The summed E-state index contributed by atoms with van der Waals surface area (Å²) < 4.78 is 31.9. The van der Waals surface area contributed by atoms with E-state index in [0.29, 0.717) is 13.1 Å². The average molecular weight is 375 g/mol. The van der Waals surface area contributed by atoms with Gasteiger partial charge in [-0.3, -0.25) is 0 Å². The number of ether oxygens (including phenoxy) is 1. The van der Waals surface area contributed by atoms with Crippen molar-refractivity contribution in [3.63, 3.8) is 0 Å². The Morgan fingerprint density at radius 2 is 1.77 bits per heavy atom. The van der Waals surface area contributed by atoms with Gasteiger partial charge in [0.15, 0.2) is 0 Å². The molecule has 0 radical (unpaired) electrons. The van der Waals surface area contributed by atoms with Gasteiger partial charge in [-0.2, -0.15) is 4.31 Å². The minimum absolute atomic E-state index is 0.0921. The molecule has 1 unspecified atom stereocenters. The molecular formula is C19H25N3O3S. The maximum Gasteiger partial charge on any atom is 0.244 e. The highest BCUT2D eigenvalue weighted by Crippen LogP contribution is 2.27. The van der Waals surface area contributed by atoms with Gasteiger partial charge < -0.3 is 9.64 Å². The van der Waals surface area contributed by atoms with Gasteiger partial charge >= 0.3 is 0 Å². The van der Waals surface area contributed by atoms with Crippen LogP contribution in [0, 0.1) is 0 Å². The van der Waals surface area contributed by atoms with Crippen LogP contribution in [0.5, 0.6) is 5.75 Å². The lowest BCUT2D eigenvalue weighted by molar-refractivity contribution is 0.414. The number of nitrogens with zero attached hydrogens (tertiary/aromatic N) is 3. The minimum atomic E-state index is -3.42. The maximum absolute atomic E-state index is 12.6. The molecule has 3 rings (SSSR count). The van der Waals surface area contributed by atoms with Gasteiger partial charge in [0, 0.05) is 26.3 Å². The first kappa shape index (κ1) is 18.7. The Morgan fingerprint density at radius 3 is 2.31 bits per heavy atom. The van der Waals surface area contributed by atoms with Crippen molar-refractivity contribution in [2.24, 2.45) is 0 Å². The van der Waals surface area contributed by atoms with Crippen molar-refractivity contribution in [1.82, 2.24) is 9.29 Å². The van der Waals surface area contributed by atoms with E-state index < -0.39 is 10.0 Å². The molecule has 0 amide bonds. The van der Waals surface area contributed by atoms with E-state index in [4.69, 9.17) is 4.74 Å². The van der Waals surface area contributed by atoms with Crippen LogP contribution in [0.3, 0.4) is 0 Å². The fourth-order valence-electron chi connectivity index (χ4n) is 3.12. The zero-order chi connectivity index (χ0) is 18.7. The van der Waals surface area contributed by atoms with Gasteiger partial charge in [-0.25, -0.2) is 13.4 Å². The smallest absolute Gasteiger partial charge is 0.244 e. The number of pyridine rings is 1. The number of anilines is 1. The molecule has 0 spiro atoms. The van der Waals surface area contributed by atoms with Crippen LogP contribution in [0.4, 0.5) is 5.82 Å². The lowest BCUT2D eigenvalue weighted by Gasteiger charge is -2.26. The van der Waals surface area contributed by atoms with Gasteiger partial charge in [-0.1, -0.05) is 12.1 Å². The molecule has 1 atom stereocenters. The molecule has 2 heterocycles. The largest absolute Gasteiger partial charge is 0.497 e. The SMILES string of the molecule is COc1ccc(C(C)N(C)c2ccc(S(=O)(=O)N3CCCC3)cn2)cc1. The molecule has 1 aliphatic rings. The molecule has 0 aliphatic carbocycles. The van der Waals surface area contributed by atoms with Crippen molar-refractivity contribution >= 4 is 15.8 Å². The quantitative estimate of drug-likeness (QED) is 0.776. The van der Waals surface area contributed by atoms with Crippen molar-refractivity contribution in [2.45, 2.75) is 30.7 Å². The second kappa shape index (κ2) is 7.63. The molecule has 140 valence electrons. The second-order valence-corrected chi connectivity index (χ2v) is 8.46. The second-order valence-electron chi connectivity index (χ2n) is 6.52. The van der Waals surface area contributed by atoms with E-state index in [0.717, 1.165) is 30.0 Å². The molecule has 6 nitrogen and oxygen atoms in total. The van der Waals surface area contributed by atoms with E-state index in [2.05, 4.69) is 11.9 Å². The predicted molar refractivity (Wildman–Crippen MR) is 102 cm³/mol. The van der Waals surface area contributed by atoms with Crippen LogP contribution in [-0.4, -0.2) is 45.0 Å². The third-order valence-electron chi connectivity index (χ3n) is 4.96. The number of aromatic nitrogens is 1. The fraction of sp³-hybridized carbons (Fsp3) is 0.421. The highest BCUT2D eigenvalue weighted by Gasteiger charge is 2.27. The topological polar surface area (TPSA) is 62.7 Å². The Kier molecular flexibility index (Phi) is 5.48. The number of hydrogen-bond acceptors (Lipinski definition) is 5. The standard InChI is InChI=1S/C19H25N3O3S/c1-15(16-6-8-17(25-3)9-7-16)21(2)19-11-10-18(14-20-19)26(23,24)22-12-4-5-13-22/h6-11,14-15H,4-5,12-13H2,1-3H3. The predicted octanol–water partition coefficient (Wildman–Crippen LogP) is 3.07. The highest BCUT2D eigenvalue weighted by atomic mass is 32.2. The number of sulfonamides is 1. The molecule has 1 fully saturated rings. The lowest BCUT2D eigenvalue weighted by atomic mass is 10.1. The maximum atomic E-state index is 12.6. The van der Waals surface area contributed by atoms with Gasteiger partial charge in [0.1, 0.15) is 16.5 Å². The minimum Gasteiger partial charge on any atom is -0.497 e. The zero-order valence-corrected chi connectivity index (χ0v) is 16.2. The fourth-order valence-corrected chi connectivity index (χ4v) is 4.58. The van der Waals surface area contributed by atoms with Crippen LogP contribution < -0.4 is 9.64 Å². The number of hydrogen-bond donors (Lipinski definition) is 0. The summed E-state index contributed by atoms with van der Waals surface area (Å²) in [7, 11) is 0.172. The average Bonchev–Trinajstić information content (AvgIpc) is 3.23. The van der Waals surface area contributed by atoms with Crippen LogP contribution in [0.25, 0.3) is 0 Å². The van der Waals surface area contributed by atoms with E-state index in [9.17, 15) is 8.42 Å². The van der Waals surface area contributed by atoms with Gasteiger partial charge in [0.2, 0.25) is 10.0 Å². The normalized spacial score (nSPS) is 16.4. The van der Waals surface area contributed by atoms with Crippen LogP contribution in [0.2, 0.25) is 0 Å². The van der Waals surface area contributed by atoms with Crippen molar-refractivity contribution in [2.75, 3.05) is 32.1 Å². The molecule has 1 aromatic heterocycles. The van der Waals surface area contributed by atoms with Gasteiger partial charge in [-0.15, -0.1) is 0 Å². The van der Waals surface area contributed by atoms with Crippen LogP contribution in [0.1, 0.15) is 31.4 Å².